The number of nitrogens with zero attached hydrogens (tertiary/aromatic N) is 3. The molecule has 1 aromatic heterocycles. The van der Waals surface area contributed by atoms with Gasteiger partial charge in [0, 0.05) is 11.1 Å². The highest BCUT2D eigenvalue weighted by Gasteiger charge is 2.37. The van der Waals surface area contributed by atoms with E-state index >= 15 is 0 Å². The van der Waals surface area contributed by atoms with Gasteiger partial charge >= 0.3 is 0 Å². The fourth-order valence-corrected chi connectivity index (χ4v) is 2.81. The molecular formula is C17H18ClN3O. The third-order valence-corrected chi connectivity index (χ3v) is 4.33. The quantitative estimate of drug-likeness (QED) is 0.862. The maximum absolute atomic E-state index is 13.0. The van der Waals surface area contributed by atoms with E-state index in [-0.39, 0.29) is 11.9 Å². The van der Waals surface area contributed by atoms with Crippen molar-refractivity contribution in [3.63, 3.8) is 0 Å². The van der Waals surface area contributed by atoms with Crippen molar-refractivity contribution >= 4 is 17.5 Å². The Bertz CT molecular complexity index is 683. The minimum Gasteiger partial charge on any atom is -0.329 e. The second-order valence-electron chi connectivity index (χ2n) is 5.70. The lowest BCUT2D eigenvalue weighted by molar-refractivity contribution is 0.0672. The van der Waals surface area contributed by atoms with E-state index in [9.17, 15) is 4.79 Å². The molecule has 0 bridgehead atoms. The summed E-state index contributed by atoms with van der Waals surface area (Å²) in [6.07, 6.45) is 3.68. The van der Waals surface area contributed by atoms with Crippen molar-refractivity contribution in [1.29, 1.82) is 0 Å². The Kier molecular flexibility index (Phi) is 4.12. The van der Waals surface area contributed by atoms with Crippen LogP contribution < -0.4 is 0 Å². The van der Waals surface area contributed by atoms with Gasteiger partial charge in [0.25, 0.3) is 5.91 Å². The summed E-state index contributed by atoms with van der Waals surface area (Å²) in [5.41, 5.74) is 2.38. The van der Waals surface area contributed by atoms with Gasteiger partial charge in [-0.25, -0.2) is 0 Å². The van der Waals surface area contributed by atoms with Crippen LogP contribution in [0.2, 0.25) is 5.02 Å². The van der Waals surface area contributed by atoms with Crippen molar-refractivity contribution in [1.82, 2.24) is 15.1 Å². The summed E-state index contributed by atoms with van der Waals surface area (Å²) in [7, 11) is 0. The van der Waals surface area contributed by atoms with Crippen LogP contribution in [0.15, 0.2) is 36.5 Å². The molecular weight excluding hydrogens is 298 g/mol. The molecule has 1 heterocycles. The summed E-state index contributed by atoms with van der Waals surface area (Å²) < 4.78 is 0. The number of carbonyl (C=O) groups excluding carboxylic acids is 1. The largest absolute Gasteiger partial charge is 0.329 e. The van der Waals surface area contributed by atoms with Crippen LogP contribution in [-0.4, -0.2) is 27.0 Å². The van der Waals surface area contributed by atoms with Crippen LogP contribution in [-0.2, 0) is 0 Å². The van der Waals surface area contributed by atoms with Crippen LogP contribution in [0.25, 0.3) is 0 Å². The minimum atomic E-state index is 0.00447. The first kappa shape index (κ1) is 15.0. The second-order valence-corrected chi connectivity index (χ2v) is 6.14. The van der Waals surface area contributed by atoms with Gasteiger partial charge in [0.2, 0.25) is 0 Å². The fraction of sp³-hybridized carbons (Fsp3) is 0.353. The zero-order valence-electron chi connectivity index (χ0n) is 12.7. The maximum Gasteiger partial charge on any atom is 0.256 e. The zero-order chi connectivity index (χ0) is 15.7. The monoisotopic (exact) mass is 315 g/mol. The number of aryl methyl sites for hydroxylation is 1. The normalized spacial score (nSPS) is 15.4. The van der Waals surface area contributed by atoms with Gasteiger partial charge in [-0.05, 0) is 50.5 Å². The van der Waals surface area contributed by atoms with Gasteiger partial charge in [0.1, 0.15) is 0 Å². The lowest BCUT2D eigenvalue weighted by Gasteiger charge is -2.30. The van der Waals surface area contributed by atoms with E-state index in [1.807, 2.05) is 36.1 Å². The van der Waals surface area contributed by atoms with Crippen molar-refractivity contribution in [3.8, 4) is 0 Å². The van der Waals surface area contributed by atoms with Gasteiger partial charge in [-0.3, -0.25) is 4.79 Å². The molecule has 0 saturated heterocycles. The molecule has 1 atom stereocenters. The zero-order valence-corrected chi connectivity index (χ0v) is 13.4. The molecule has 3 rings (SSSR count). The molecule has 0 N–H and O–H groups in total. The Morgan fingerprint density at radius 3 is 2.55 bits per heavy atom. The van der Waals surface area contributed by atoms with E-state index in [4.69, 9.17) is 11.6 Å². The fourth-order valence-electron chi connectivity index (χ4n) is 2.68. The number of halogens is 1. The number of hydrogen-bond donors (Lipinski definition) is 0. The lowest BCUT2D eigenvalue weighted by atomic mass is 10.0. The van der Waals surface area contributed by atoms with Gasteiger partial charge < -0.3 is 4.90 Å². The highest BCUT2D eigenvalue weighted by molar-refractivity contribution is 6.30. The summed E-state index contributed by atoms with van der Waals surface area (Å²) in [5, 5.41) is 8.52. The van der Waals surface area contributed by atoms with Crippen LogP contribution in [0.1, 0.15) is 47.4 Å². The smallest absolute Gasteiger partial charge is 0.256 e. The van der Waals surface area contributed by atoms with Crippen LogP contribution in [0.3, 0.4) is 0 Å². The molecule has 1 fully saturated rings. The molecule has 22 heavy (non-hydrogen) atoms. The highest BCUT2D eigenvalue weighted by Crippen LogP contribution is 2.36. The Labute approximate surface area is 135 Å². The summed E-state index contributed by atoms with van der Waals surface area (Å²) in [4.78, 5) is 14.9. The Balaban J connectivity index is 1.91. The number of aromatic nitrogens is 2. The molecule has 0 aliphatic heterocycles. The molecule has 1 saturated carbocycles. The summed E-state index contributed by atoms with van der Waals surface area (Å²) in [5.74, 6) is 0.0253. The lowest BCUT2D eigenvalue weighted by Crippen LogP contribution is -2.36. The number of hydrogen-bond acceptors (Lipinski definition) is 3. The van der Waals surface area contributed by atoms with Crippen LogP contribution in [0.4, 0.5) is 0 Å². The molecule has 1 aliphatic carbocycles. The summed E-state index contributed by atoms with van der Waals surface area (Å²) in [6, 6.07) is 9.75. The average molecular weight is 316 g/mol. The third-order valence-electron chi connectivity index (χ3n) is 4.08. The van der Waals surface area contributed by atoms with Gasteiger partial charge in [-0.15, -0.1) is 0 Å². The van der Waals surface area contributed by atoms with Crippen molar-refractivity contribution in [2.24, 2.45) is 0 Å². The molecule has 0 unspecified atom stereocenters. The van der Waals surface area contributed by atoms with Crippen LogP contribution in [0, 0.1) is 6.92 Å². The first-order valence-electron chi connectivity index (χ1n) is 7.44. The van der Waals surface area contributed by atoms with E-state index in [1.54, 1.807) is 12.3 Å². The molecule has 0 spiro atoms. The molecule has 2 aromatic rings. The number of carbonyl (C=O) groups is 1. The van der Waals surface area contributed by atoms with E-state index in [0.29, 0.717) is 22.3 Å². The predicted molar refractivity (Wildman–Crippen MR) is 85.8 cm³/mol. The Hall–Kier alpha value is -1.94. The van der Waals surface area contributed by atoms with E-state index < -0.39 is 0 Å². The summed E-state index contributed by atoms with van der Waals surface area (Å²) in [6.45, 7) is 3.88. The molecule has 0 radical (unpaired) electrons. The maximum atomic E-state index is 13.0. The molecule has 1 aliphatic rings. The number of benzene rings is 1. The second kappa shape index (κ2) is 6.05. The van der Waals surface area contributed by atoms with E-state index in [1.165, 1.54) is 0 Å². The van der Waals surface area contributed by atoms with Crippen molar-refractivity contribution in [2.75, 3.05) is 0 Å². The first-order chi connectivity index (χ1) is 10.6. The van der Waals surface area contributed by atoms with Crippen molar-refractivity contribution < 1.29 is 4.79 Å². The van der Waals surface area contributed by atoms with Gasteiger partial charge in [-0.2, -0.15) is 10.2 Å². The standard InChI is InChI=1S/C17H18ClN3O/c1-11-16(9-10-19-20-11)17(22)21(15-7-8-15)12(2)13-3-5-14(18)6-4-13/h3-6,9-10,12,15H,7-8H2,1-2H3/t12-/m0/s1. The van der Waals surface area contributed by atoms with Crippen LogP contribution >= 0.6 is 11.6 Å². The predicted octanol–water partition coefficient (Wildman–Crippen LogP) is 3.80. The summed E-state index contributed by atoms with van der Waals surface area (Å²) >= 11 is 5.95. The van der Waals surface area contributed by atoms with E-state index in [0.717, 1.165) is 18.4 Å². The minimum absolute atomic E-state index is 0.00447. The molecule has 5 heteroatoms. The molecule has 1 aromatic carbocycles. The SMILES string of the molecule is Cc1nnccc1C(=O)N(C1CC1)[C@@H](C)c1ccc(Cl)cc1. The number of amides is 1. The van der Waals surface area contributed by atoms with Crippen LogP contribution in [0.5, 0.6) is 0 Å². The van der Waals surface area contributed by atoms with E-state index in [2.05, 4.69) is 17.1 Å². The Morgan fingerprint density at radius 2 is 1.95 bits per heavy atom. The molecule has 4 nitrogen and oxygen atoms in total. The van der Waals surface area contributed by atoms with Gasteiger partial charge in [0.15, 0.2) is 0 Å². The highest BCUT2D eigenvalue weighted by atomic mass is 35.5. The molecule has 1 amide bonds. The van der Waals surface area contributed by atoms with Gasteiger partial charge in [0.05, 0.1) is 23.5 Å². The van der Waals surface area contributed by atoms with Crippen molar-refractivity contribution in [2.45, 2.75) is 38.8 Å². The Morgan fingerprint density at radius 1 is 1.27 bits per heavy atom. The van der Waals surface area contributed by atoms with Gasteiger partial charge in [-0.1, -0.05) is 23.7 Å². The number of rotatable bonds is 4. The van der Waals surface area contributed by atoms with Crippen molar-refractivity contribution in [3.05, 3.63) is 58.4 Å². The molecule has 114 valence electrons. The third kappa shape index (κ3) is 2.97. The topological polar surface area (TPSA) is 46.1 Å². The first-order valence-corrected chi connectivity index (χ1v) is 7.82. The average Bonchev–Trinajstić information content (AvgIpc) is 3.33.